The minimum atomic E-state index is 0.165. The standard InChI is InChI=1S/C14H21NO2/c1-11-4-5-13(17-11)14(9-16-10-14)7-12-3-2-6-15-8-12/h4-5,12,15H,2-3,6-10H2,1H3. The zero-order valence-electron chi connectivity index (χ0n) is 10.5. The lowest BCUT2D eigenvalue weighted by Crippen LogP contribution is -2.49. The summed E-state index contributed by atoms with van der Waals surface area (Å²) in [4.78, 5) is 0. The highest BCUT2D eigenvalue weighted by atomic mass is 16.5. The zero-order valence-corrected chi connectivity index (χ0v) is 10.5. The number of aryl methyl sites for hydroxylation is 1. The number of nitrogens with one attached hydrogen (secondary N) is 1. The molecule has 94 valence electrons. The lowest BCUT2D eigenvalue weighted by molar-refractivity contribution is -0.0826. The van der Waals surface area contributed by atoms with E-state index in [0.717, 1.165) is 37.2 Å². The summed E-state index contributed by atoms with van der Waals surface area (Å²) in [5, 5.41) is 3.49. The fourth-order valence-corrected chi connectivity index (χ4v) is 3.08. The first-order valence-corrected chi connectivity index (χ1v) is 6.64. The number of rotatable bonds is 3. The van der Waals surface area contributed by atoms with E-state index in [1.54, 1.807) is 0 Å². The average molecular weight is 235 g/mol. The van der Waals surface area contributed by atoms with Gasteiger partial charge in [-0.1, -0.05) is 0 Å². The van der Waals surface area contributed by atoms with Crippen molar-refractivity contribution < 1.29 is 9.15 Å². The van der Waals surface area contributed by atoms with Crippen molar-refractivity contribution >= 4 is 0 Å². The monoisotopic (exact) mass is 235 g/mol. The van der Waals surface area contributed by atoms with Crippen LogP contribution in [0.25, 0.3) is 0 Å². The van der Waals surface area contributed by atoms with Gasteiger partial charge in [0.2, 0.25) is 0 Å². The van der Waals surface area contributed by atoms with Gasteiger partial charge in [0.1, 0.15) is 11.5 Å². The Labute approximate surface area is 103 Å². The SMILES string of the molecule is Cc1ccc(C2(CC3CCCNC3)COC2)o1. The number of furan rings is 1. The van der Waals surface area contributed by atoms with E-state index in [2.05, 4.69) is 17.4 Å². The molecule has 1 aromatic rings. The Morgan fingerprint density at radius 3 is 2.82 bits per heavy atom. The van der Waals surface area contributed by atoms with Gasteiger partial charge in [-0.05, 0) is 57.3 Å². The van der Waals surface area contributed by atoms with Crippen molar-refractivity contribution in [3.8, 4) is 0 Å². The minimum absolute atomic E-state index is 0.165. The Morgan fingerprint density at radius 2 is 2.29 bits per heavy atom. The van der Waals surface area contributed by atoms with Crippen LogP contribution in [0.4, 0.5) is 0 Å². The second-order valence-corrected chi connectivity index (χ2v) is 5.60. The van der Waals surface area contributed by atoms with Crippen LogP contribution in [0.3, 0.4) is 0 Å². The Morgan fingerprint density at radius 1 is 1.41 bits per heavy atom. The highest BCUT2D eigenvalue weighted by molar-refractivity contribution is 5.20. The molecule has 0 saturated carbocycles. The van der Waals surface area contributed by atoms with E-state index in [1.807, 2.05) is 6.92 Å². The fraction of sp³-hybridized carbons (Fsp3) is 0.714. The maximum absolute atomic E-state index is 5.83. The van der Waals surface area contributed by atoms with Crippen LogP contribution in [0.15, 0.2) is 16.5 Å². The fourth-order valence-electron chi connectivity index (χ4n) is 3.08. The van der Waals surface area contributed by atoms with Crippen LogP contribution in [-0.2, 0) is 10.2 Å². The van der Waals surface area contributed by atoms with E-state index in [-0.39, 0.29) is 5.41 Å². The van der Waals surface area contributed by atoms with E-state index in [0.29, 0.717) is 0 Å². The van der Waals surface area contributed by atoms with Crippen LogP contribution in [0.5, 0.6) is 0 Å². The smallest absolute Gasteiger partial charge is 0.114 e. The normalized spacial score (nSPS) is 27.7. The largest absolute Gasteiger partial charge is 0.466 e. The summed E-state index contributed by atoms with van der Waals surface area (Å²) in [5.74, 6) is 2.91. The molecule has 1 atom stereocenters. The second kappa shape index (κ2) is 4.46. The van der Waals surface area contributed by atoms with Gasteiger partial charge in [-0.2, -0.15) is 0 Å². The molecule has 0 spiro atoms. The van der Waals surface area contributed by atoms with E-state index >= 15 is 0 Å². The quantitative estimate of drug-likeness (QED) is 0.872. The van der Waals surface area contributed by atoms with Gasteiger partial charge >= 0.3 is 0 Å². The summed E-state index contributed by atoms with van der Waals surface area (Å²) in [6.45, 7) is 6.01. The van der Waals surface area contributed by atoms with Gasteiger partial charge in [-0.3, -0.25) is 0 Å². The summed E-state index contributed by atoms with van der Waals surface area (Å²) >= 11 is 0. The lowest BCUT2D eigenvalue weighted by atomic mass is 9.74. The van der Waals surface area contributed by atoms with Crippen LogP contribution in [-0.4, -0.2) is 26.3 Å². The predicted octanol–water partition coefficient (Wildman–Crippen LogP) is 2.25. The third-order valence-electron chi connectivity index (χ3n) is 4.10. The second-order valence-electron chi connectivity index (χ2n) is 5.60. The van der Waals surface area contributed by atoms with Crippen LogP contribution in [0.2, 0.25) is 0 Å². The molecule has 1 N–H and O–H groups in total. The number of hydrogen-bond acceptors (Lipinski definition) is 3. The first-order valence-electron chi connectivity index (χ1n) is 6.64. The molecule has 1 aromatic heterocycles. The van der Waals surface area contributed by atoms with E-state index in [1.165, 1.54) is 25.8 Å². The molecule has 1 unspecified atom stereocenters. The van der Waals surface area contributed by atoms with Crippen molar-refractivity contribution in [2.24, 2.45) is 5.92 Å². The van der Waals surface area contributed by atoms with Gasteiger partial charge in [-0.15, -0.1) is 0 Å². The third-order valence-corrected chi connectivity index (χ3v) is 4.10. The first kappa shape index (κ1) is 11.3. The van der Waals surface area contributed by atoms with Gasteiger partial charge in [0, 0.05) is 0 Å². The third kappa shape index (κ3) is 2.14. The molecule has 0 aliphatic carbocycles. The molecule has 2 fully saturated rings. The highest BCUT2D eigenvalue weighted by Crippen LogP contribution is 2.40. The molecule has 17 heavy (non-hydrogen) atoms. The summed E-state index contributed by atoms with van der Waals surface area (Å²) in [6, 6.07) is 4.20. The zero-order chi connectivity index (χ0) is 11.7. The van der Waals surface area contributed by atoms with Crippen molar-refractivity contribution in [3.05, 3.63) is 23.7 Å². The Hall–Kier alpha value is -0.800. The maximum Gasteiger partial charge on any atom is 0.114 e. The lowest BCUT2D eigenvalue weighted by Gasteiger charge is -2.42. The Bertz CT molecular complexity index is 375. The van der Waals surface area contributed by atoms with Crippen molar-refractivity contribution in [1.29, 1.82) is 0 Å². The molecule has 0 aromatic carbocycles. The van der Waals surface area contributed by atoms with Gasteiger partial charge in [0.15, 0.2) is 0 Å². The van der Waals surface area contributed by atoms with Crippen LogP contribution in [0.1, 0.15) is 30.8 Å². The summed E-state index contributed by atoms with van der Waals surface area (Å²) in [5.41, 5.74) is 0.165. The molecule has 0 amide bonds. The van der Waals surface area contributed by atoms with Crippen molar-refractivity contribution in [3.63, 3.8) is 0 Å². The van der Waals surface area contributed by atoms with Gasteiger partial charge in [-0.25, -0.2) is 0 Å². The Kier molecular flexibility index (Phi) is 2.97. The van der Waals surface area contributed by atoms with Crippen molar-refractivity contribution in [2.45, 2.75) is 31.6 Å². The number of piperidine rings is 1. The molecule has 0 radical (unpaired) electrons. The maximum atomic E-state index is 5.83. The molecule has 3 rings (SSSR count). The van der Waals surface area contributed by atoms with Crippen molar-refractivity contribution in [1.82, 2.24) is 5.32 Å². The van der Waals surface area contributed by atoms with Gasteiger partial charge in [0.05, 0.1) is 18.6 Å². The number of ether oxygens (including phenoxy) is 1. The Balaban J connectivity index is 1.73. The molecule has 0 bridgehead atoms. The summed E-state index contributed by atoms with van der Waals surface area (Å²) in [7, 11) is 0. The number of hydrogen-bond donors (Lipinski definition) is 1. The summed E-state index contributed by atoms with van der Waals surface area (Å²) < 4.78 is 11.3. The summed E-state index contributed by atoms with van der Waals surface area (Å²) in [6.07, 6.45) is 3.85. The van der Waals surface area contributed by atoms with Crippen LogP contribution >= 0.6 is 0 Å². The molecule has 3 nitrogen and oxygen atoms in total. The first-order chi connectivity index (χ1) is 8.28. The topological polar surface area (TPSA) is 34.4 Å². The van der Waals surface area contributed by atoms with E-state index in [9.17, 15) is 0 Å². The molecule has 2 aliphatic rings. The predicted molar refractivity (Wildman–Crippen MR) is 66.2 cm³/mol. The minimum Gasteiger partial charge on any atom is -0.466 e. The van der Waals surface area contributed by atoms with Gasteiger partial charge in [0.25, 0.3) is 0 Å². The molecule has 2 saturated heterocycles. The van der Waals surface area contributed by atoms with Crippen LogP contribution in [0, 0.1) is 12.8 Å². The van der Waals surface area contributed by atoms with E-state index < -0.39 is 0 Å². The van der Waals surface area contributed by atoms with Crippen LogP contribution < -0.4 is 5.32 Å². The highest BCUT2D eigenvalue weighted by Gasteiger charge is 2.44. The molecule has 3 heteroatoms. The van der Waals surface area contributed by atoms with Crippen molar-refractivity contribution in [2.75, 3.05) is 26.3 Å². The van der Waals surface area contributed by atoms with E-state index in [4.69, 9.17) is 9.15 Å². The average Bonchev–Trinajstić information content (AvgIpc) is 2.72. The van der Waals surface area contributed by atoms with Gasteiger partial charge < -0.3 is 14.5 Å². The molecular formula is C14H21NO2. The molecule has 2 aliphatic heterocycles. The molecular weight excluding hydrogens is 214 g/mol. The molecule has 3 heterocycles.